The summed E-state index contributed by atoms with van der Waals surface area (Å²) >= 11 is 1.19. The Morgan fingerprint density at radius 2 is 2.35 bits per heavy atom. The van der Waals surface area contributed by atoms with Crippen LogP contribution in [-0.4, -0.2) is 34.1 Å². The van der Waals surface area contributed by atoms with Gasteiger partial charge in [-0.25, -0.2) is 0 Å². The lowest BCUT2D eigenvalue weighted by atomic mass is 9.89. The number of carbonyl (C=O) groups excluding carboxylic acids is 1. The average molecular weight is 277 g/mol. The highest BCUT2D eigenvalue weighted by Gasteiger charge is 2.29. The van der Waals surface area contributed by atoms with Crippen molar-refractivity contribution >= 4 is 29.8 Å². The minimum atomic E-state index is -0.124. The van der Waals surface area contributed by atoms with Gasteiger partial charge in [-0.1, -0.05) is 11.4 Å². The number of carbonyl (C=O) groups is 1. The van der Waals surface area contributed by atoms with Gasteiger partial charge in [-0.15, -0.1) is 17.5 Å². The van der Waals surface area contributed by atoms with Crippen molar-refractivity contribution < 1.29 is 4.79 Å². The van der Waals surface area contributed by atoms with Gasteiger partial charge in [0.15, 0.2) is 5.69 Å². The molecule has 0 aliphatic carbocycles. The number of rotatable bonds is 2. The predicted molar refractivity (Wildman–Crippen MR) is 69.7 cm³/mol. The van der Waals surface area contributed by atoms with Gasteiger partial charge in [0.1, 0.15) is 0 Å². The van der Waals surface area contributed by atoms with E-state index in [1.165, 1.54) is 11.5 Å². The van der Waals surface area contributed by atoms with Gasteiger partial charge in [0.2, 0.25) is 0 Å². The van der Waals surface area contributed by atoms with Crippen LogP contribution >= 0.6 is 23.9 Å². The Hall–Kier alpha value is -0.720. The number of hydrogen-bond acceptors (Lipinski definition) is 5. The standard InChI is InChI=1S/C10H16N4OS.ClH/c1-6-3-4-11-7(2)9(6)12-10(15)8-5-16-14-13-8;/h5-7,9,11H,3-4H2,1-2H3,(H,12,15);1H. The van der Waals surface area contributed by atoms with Crippen LogP contribution in [0.2, 0.25) is 0 Å². The highest BCUT2D eigenvalue weighted by atomic mass is 35.5. The summed E-state index contributed by atoms with van der Waals surface area (Å²) in [4.78, 5) is 11.8. The first-order valence-electron chi connectivity index (χ1n) is 5.50. The second kappa shape index (κ2) is 6.28. The molecule has 1 amide bonds. The van der Waals surface area contributed by atoms with E-state index in [-0.39, 0.29) is 24.4 Å². The van der Waals surface area contributed by atoms with Crippen molar-refractivity contribution in [2.75, 3.05) is 6.54 Å². The molecule has 0 saturated carbocycles. The number of piperidine rings is 1. The smallest absolute Gasteiger partial charge is 0.273 e. The highest BCUT2D eigenvalue weighted by Crippen LogP contribution is 2.16. The van der Waals surface area contributed by atoms with Crippen molar-refractivity contribution in [1.29, 1.82) is 0 Å². The monoisotopic (exact) mass is 276 g/mol. The molecule has 1 aliphatic heterocycles. The normalized spacial score (nSPS) is 28.2. The predicted octanol–water partition coefficient (Wildman–Crippen LogP) is 1.08. The van der Waals surface area contributed by atoms with Crippen LogP contribution in [0.3, 0.4) is 0 Å². The summed E-state index contributed by atoms with van der Waals surface area (Å²) in [6.45, 7) is 5.29. The number of aromatic nitrogens is 2. The first-order valence-corrected chi connectivity index (χ1v) is 6.33. The Kier molecular flexibility index (Phi) is 5.30. The van der Waals surface area contributed by atoms with Gasteiger partial charge in [-0.3, -0.25) is 4.79 Å². The minimum Gasteiger partial charge on any atom is -0.346 e. The molecule has 1 saturated heterocycles. The number of nitrogens with one attached hydrogen (secondary N) is 2. The molecule has 3 unspecified atom stereocenters. The molecule has 2 heterocycles. The van der Waals surface area contributed by atoms with Crippen molar-refractivity contribution in [3.63, 3.8) is 0 Å². The van der Waals surface area contributed by atoms with Gasteiger partial charge >= 0.3 is 0 Å². The van der Waals surface area contributed by atoms with Gasteiger partial charge < -0.3 is 10.6 Å². The van der Waals surface area contributed by atoms with Gasteiger partial charge in [-0.05, 0) is 37.3 Å². The number of halogens is 1. The Morgan fingerprint density at radius 3 is 2.94 bits per heavy atom. The Labute approximate surface area is 111 Å². The van der Waals surface area contributed by atoms with E-state index in [1.54, 1.807) is 5.38 Å². The summed E-state index contributed by atoms with van der Waals surface area (Å²) in [5, 5.41) is 11.8. The summed E-state index contributed by atoms with van der Waals surface area (Å²) in [6.07, 6.45) is 1.09. The minimum absolute atomic E-state index is 0. The molecule has 96 valence electrons. The third-order valence-corrected chi connectivity index (χ3v) is 3.61. The Bertz CT molecular complexity index is 349. The molecule has 1 aromatic heterocycles. The van der Waals surface area contributed by atoms with Crippen molar-refractivity contribution in [2.24, 2.45) is 5.92 Å². The zero-order valence-electron chi connectivity index (χ0n) is 9.84. The summed E-state index contributed by atoms with van der Waals surface area (Å²) in [7, 11) is 0. The van der Waals surface area contributed by atoms with E-state index in [9.17, 15) is 4.79 Å². The lowest BCUT2D eigenvalue weighted by Crippen LogP contribution is -2.55. The van der Waals surface area contributed by atoms with E-state index >= 15 is 0 Å². The van der Waals surface area contributed by atoms with Crippen molar-refractivity contribution in [3.8, 4) is 0 Å². The molecule has 0 bridgehead atoms. The number of hydrogen-bond donors (Lipinski definition) is 2. The van der Waals surface area contributed by atoms with Crippen LogP contribution in [0.4, 0.5) is 0 Å². The molecule has 7 heteroatoms. The first kappa shape index (κ1) is 14.3. The molecular formula is C10H17ClN4OS. The van der Waals surface area contributed by atoms with Gasteiger partial charge in [0, 0.05) is 17.5 Å². The van der Waals surface area contributed by atoms with Crippen LogP contribution in [0.25, 0.3) is 0 Å². The third-order valence-electron chi connectivity index (χ3n) is 3.11. The third kappa shape index (κ3) is 3.37. The Morgan fingerprint density at radius 1 is 1.59 bits per heavy atom. The van der Waals surface area contributed by atoms with E-state index in [2.05, 4.69) is 34.1 Å². The zero-order valence-corrected chi connectivity index (χ0v) is 11.5. The molecule has 0 radical (unpaired) electrons. The van der Waals surface area contributed by atoms with Crippen LogP contribution in [0.15, 0.2) is 5.38 Å². The quantitative estimate of drug-likeness (QED) is 0.848. The van der Waals surface area contributed by atoms with Crippen LogP contribution in [0, 0.1) is 5.92 Å². The topological polar surface area (TPSA) is 66.9 Å². The fraction of sp³-hybridized carbons (Fsp3) is 0.700. The maximum Gasteiger partial charge on any atom is 0.273 e. The number of nitrogens with zero attached hydrogens (tertiary/aromatic N) is 2. The maximum absolute atomic E-state index is 11.8. The second-order valence-corrected chi connectivity index (χ2v) is 4.91. The van der Waals surface area contributed by atoms with E-state index in [0.29, 0.717) is 17.7 Å². The van der Waals surface area contributed by atoms with Gasteiger partial charge in [0.25, 0.3) is 5.91 Å². The summed E-state index contributed by atoms with van der Waals surface area (Å²) in [6, 6.07) is 0.474. The van der Waals surface area contributed by atoms with Crippen molar-refractivity contribution in [1.82, 2.24) is 20.2 Å². The lowest BCUT2D eigenvalue weighted by Gasteiger charge is -2.35. The summed E-state index contributed by atoms with van der Waals surface area (Å²) in [5.41, 5.74) is 0.412. The van der Waals surface area contributed by atoms with E-state index in [4.69, 9.17) is 0 Å². The summed E-state index contributed by atoms with van der Waals surface area (Å²) in [5.74, 6) is 0.368. The maximum atomic E-state index is 11.8. The SMILES string of the molecule is CC1CCNC(C)C1NC(=O)c1csnn1.Cl. The molecule has 1 aliphatic rings. The van der Waals surface area contributed by atoms with E-state index in [1.807, 2.05) is 0 Å². The first-order chi connectivity index (χ1) is 7.68. The molecule has 0 spiro atoms. The molecule has 17 heavy (non-hydrogen) atoms. The van der Waals surface area contributed by atoms with Crippen LogP contribution in [-0.2, 0) is 0 Å². The molecule has 2 rings (SSSR count). The van der Waals surface area contributed by atoms with Crippen molar-refractivity contribution in [3.05, 3.63) is 11.1 Å². The fourth-order valence-electron chi connectivity index (χ4n) is 2.09. The molecule has 2 N–H and O–H groups in total. The van der Waals surface area contributed by atoms with E-state index < -0.39 is 0 Å². The van der Waals surface area contributed by atoms with Crippen LogP contribution < -0.4 is 10.6 Å². The molecule has 1 fully saturated rings. The molecule has 5 nitrogen and oxygen atoms in total. The molecule has 3 atom stereocenters. The van der Waals surface area contributed by atoms with Gasteiger partial charge in [-0.2, -0.15) is 0 Å². The second-order valence-electron chi connectivity index (χ2n) is 4.30. The number of amides is 1. The van der Waals surface area contributed by atoms with Gasteiger partial charge in [0.05, 0.1) is 0 Å². The molecule has 1 aromatic rings. The largest absolute Gasteiger partial charge is 0.346 e. The van der Waals surface area contributed by atoms with Crippen LogP contribution in [0.5, 0.6) is 0 Å². The highest BCUT2D eigenvalue weighted by molar-refractivity contribution is 7.03. The lowest BCUT2D eigenvalue weighted by molar-refractivity contribution is 0.0892. The fourth-order valence-corrected chi connectivity index (χ4v) is 2.53. The van der Waals surface area contributed by atoms with Crippen LogP contribution in [0.1, 0.15) is 30.8 Å². The van der Waals surface area contributed by atoms with E-state index in [0.717, 1.165) is 13.0 Å². The average Bonchev–Trinajstić information content (AvgIpc) is 2.76. The summed E-state index contributed by atoms with van der Waals surface area (Å²) < 4.78 is 3.69. The molecular weight excluding hydrogens is 260 g/mol. The zero-order chi connectivity index (χ0) is 11.5. The van der Waals surface area contributed by atoms with Crippen molar-refractivity contribution in [2.45, 2.75) is 32.4 Å². The molecule has 0 aromatic carbocycles. The Balaban J connectivity index is 0.00000144.